The van der Waals surface area contributed by atoms with Crippen LogP contribution in [0.5, 0.6) is 0 Å². The molecule has 2 rings (SSSR count). The van der Waals surface area contributed by atoms with Crippen LogP contribution in [-0.2, 0) is 20.9 Å². The molecule has 0 spiro atoms. The summed E-state index contributed by atoms with van der Waals surface area (Å²) >= 11 is 0. The van der Waals surface area contributed by atoms with Crippen molar-refractivity contribution in [3.05, 3.63) is 35.9 Å². The zero-order valence-corrected chi connectivity index (χ0v) is 14.5. The number of nitrogens with one attached hydrogen (secondary N) is 1. The summed E-state index contributed by atoms with van der Waals surface area (Å²) in [5.41, 5.74) is -0.481. The lowest BCUT2D eigenvalue weighted by Gasteiger charge is -2.31. The highest BCUT2D eigenvalue weighted by molar-refractivity contribution is 5.86. The Kier molecular flexibility index (Phi) is 6.37. The standard InChI is InChI=1S/C19H27NO4/c1-3-19(2,23)16(20-17(21)15-11-7-8-12-15)18(22)24-13-14-9-5-4-6-10-14/h4-6,9-10,15-16,23H,3,7-8,11-13H2,1-2H3,(H,20,21)/t16-,19-/m1/s1. The molecule has 1 aliphatic carbocycles. The van der Waals surface area contributed by atoms with Gasteiger partial charge in [-0.25, -0.2) is 4.79 Å². The van der Waals surface area contributed by atoms with Crippen molar-refractivity contribution in [2.75, 3.05) is 0 Å². The predicted octanol–water partition coefficient (Wildman–Crippen LogP) is 2.57. The largest absolute Gasteiger partial charge is 0.459 e. The molecule has 5 nitrogen and oxygen atoms in total. The van der Waals surface area contributed by atoms with Crippen LogP contribution in [0, 0.1) is 5.92 Å². The summed E-state index contributed by atoms with van der Waals surface area (Å²) in [4.78, 5) is 24.8. The van der Waals surface area contributed by atoms with Gasteiger partial charge < -0.3 is 15.2 Å². The summed E-state index contributed by atoms with van der Waals surface area (Å²) in [5, 5.41) is 13.2. The van der Waals surface area contributed by atoms with Crippen LogP contribution in [0.3, 0.4) is 0 Å². The number of rotatable bonds is 7. The van der Waals surface area contributed by atoms with Crippen LogP contribution in [0.2, 0.25) is 0 Å². The Balaban J connectivity index is 2.01. The molecule has 2 atom stereocenters. The fraction of sp³-hybridized carbons (Fsp3) is 0.579. The van der Waals surface area contributed by atoms with Crippen LogP contribution >= 0.6 is 0 Å². The van der Waals surface area contributed by atoms with Crippen LogP contribution in [0.25, 0.3) is 0 Å². The fourth-order valence-corrected chi connectivity index (χ4v) is 2.93. The van der Waals surface area contributed by atoms with Gasteiger partial charge in [-0.3, -0.25) is 4.79 Å². The highest BCUT2D eigenvalue weighted by Gasteiger charge is 2.39. The number of esters is 1. The van der Waals surface area contributed by atoms with Crippen LogP contribution in [0.4, 0.5) is 0 Å². The van der Waals surface area contributed by atoms with E-state index in [9.17, 15) is 14.7 Å². The summed E-state index contributed by atoms with van der Waals surface area (Å²) in [6, 6.07) is 8.28. The van der Waals surface area contributed by atoms with E-state index < -0.39 is 17.6 Å². The lowest BCUT2D eigenvalue weighted by molar-refractivity contribution is -0.157. The molecular weight excluding hydrogens is 306 g/mol. The highest BCUT2D eigenvalue weighted by atomic mass is 16.5. The van der Waals surface area contributed by atoms with E-state index in [1.165, 1.54) is 0 Å². The van der Waals surface area contributed by atoms with E-state index in [1.54, 1.807) is 13.8 Å². The Hall–Kier alpha value is -1.88. The molecule has 0 radical (unpaired) electrons. The highest BCUT2D eigenvalue weighted by Crippen LogP contribution is 2.26. The zero-order valence-electron chi connectivity index (χ0n) is 14.5. The molecule has 0 aliphatic heterocycles. The monoisotopic (exact) mass is 333 g/mol. The SMILES string of the molecule is CC[C@@](C)(O)[C@H](NC(=O)C1CCCC1)C(=O)OCc1ccccc1. The van der Waals surface area contributed by atoms with E-state index in [4.69, 9.17) is 4.74 Å². The first kappa shape index (κ1) is 18.5. The zero-order chi connectivity index (χ0) is 17.6. The van der Waals surface area contributed by atoms with E-state index >= 15 is 0 Å². The van der Waals surface area contributed by atoms with Crippen molar-refractivity contribution in [3.63, 3.8) is 0 Å². The number of hydrogen-bond donors (Lipinski definition) is 2. The first-order chi connectivity index (χ1) is 11.4. The minimum atomic E-state index is -1.35. The third-order valence-electron chi connectivity index (χ3n) is 4.81. The molecule has 0 heterocycles. The van der Waals surface area contributed by atoms with Crippen molar-refractivity contribution < 1.29 is 19.4 Å². The maximum absolute atomic E-state index is 12.5. The third-order valence-corrected chi connectivity index (χ3v) is 4.81. The topological polar surface area (TPSA) is 75.6 Å². The maximum Gasteiger partial charge on any atom is 0.331 e. The number of aliphatic hydroxyl groups is 1. The van der Waals surface area contributed by atoms with Crippen molar-refractivity contribution in [1.82, 2.24) is 5.32 Å². The predicted molar refractivity (Wildman–Crippen MR) is 91.0 cm³/mol. The number of carbonyl (C=O) groups is 2. The Morgan fingerprint density at radius 1 is 1.29 bits per heavy atom. The molecule has 1 saturated carbocycles. The quantitative estimate of drug-likeness (QED) is 0.752. The molecule has 0 saturated heterocycles. The van der Waals surface area contributed by atoms with Gasteiger partial charge >= 0.3 is 5.97 Å². The number of amides is 1. The molecule has 0 aromatic heterocycles. The van der Waals surface area contributed by atoms with Gasteiger partial charge in [0.25, 0.3) is 0 Å². The summed E-state index contributed by atoms with van der Waals surface area (Å²) in [6.07, 6.45) is 4.08. The molecule has 132 valence electrons. The van der Waals surface area contributed by atoms with Gasteiger partial charge in [-0.05, 0) is 31.7 Å². The first-order valence-electron chi connectivity index (χ1n) is 8.67. The number of carbonyl (C=O) groups excluding carboxylic acids is 2. The van der Waals surface area contributed by atoms with Crippen LogP contribution < -0.4 is 5.32 Å². The van der Waals surface area contributed by atoms with E-state index in [0.29, 0.717) is 6.42 Å². The number of ether oxygens (including phenoxy) is 1. The molecule has 1 aliphatic rings. The molecular formula is C19H27NO4. The van der Waals surface area contributed by atoms with Gasteiger partial charge in [-0.1, -0.05) is 50.1 Å². The summed E-state index contributed by atoms with van der Waals surface area (Å²) in [7, 11) is 0. The Bertz CT molecular complexity index is 550. The Morgan fingerprint density at radius 3 is 2.50 bits per heavy atom. The fourth-order valence-electron chi connectivity index (χ4n) is 2.93. The van der Waals surface area contributed by atoms with Crippen LogP contribution in [0.1, 0.15) is 51.5 Å². The first-order valence-corrected chi connectivity index (χ1v) is 8.67. The summed E-state index contributed by atoms with van der Waals surface area (Å²) in [6.45, 7) is 3.45. The minimum Gasteiger partial charge on any atom is -0.459 e. The molecule has 1 aromatic carbocycles. The van der Waals surface area contributed by atoms with Crippen molar-refractivity contribution in [1.29, 1.82) is 0 Å². The molecule has 1 amide bonds. The van der Waals surface area contributed by atoms with Gasteiger partial charge in [0.15, 0.2) is 6.04 Å². The van der Waals surface area contributed by atoms with Gasteiger partial charge in [0, 0.05) is 5.92 Å². The second kappa shape index (κ2) is 8.29. The molecule has 1 fully saturated rings. The lowest BCUT2D eigenvalue weighted by atomic mass is 9.92. The summed E-state index contributed by atoms with van der Waals surface area (Å²) < 4.78 is 5.33. The summed E-state index contributed by atoms with van der Waals surface area (Å²) in [5.74, 6) is -0.831. The normalized spacial score (nSPS) is 18.6. The Labute approximate surface area is 143 Å². The average molecular weight is 333 g/mol. The maximum atomic E-state index is 12.5. The van der Waals surface area contributed by atoms with Crippen LogP contribution in [-0.4, -0.2) is 28.6 Å². The number of benzene rings is 1. The second-order valence-corrected chi connectivity index (χ2v) is 6.73. The second-order valence-electron chi connectivity index (χ2n) is 6.73. The van der Waals surface area contributed by atoms with E-state index in [1.807, 2.05) is 30.3 Å². The van der Waals surface area contributed by atoms with Crippen LogP contribution in [0.15, 0.2) is 30.3 Å². The molecule has 2 N–H and O–H groups in total. The number of hydrogen-bond acceptors (Lipinski definition) is 4. The van der Waals surface area contributed by atoms with Crippen molar-refractivity contribution in [2.45, 2.75) is 64.2 Å². The lowest BCUT2D eigenvalue weighted by Crippen LogP contribution is -2.56. The molecule has 0 unspecified atom stereocenters. The van der Waals surface area contributed by atoms with Crippen molar-refractivity contribution >= 4 is 11.9 Å². The molecule has 1 aromatic rings. The average Bonchev–Trinajstić information content (AvgIpc) is 3.13. The molecule has 24 heavy (non-hydrogen) atoms. The van der Waals surface area contributed by atoms with Crippen molar-refractivity contribution in [2.24, 2.45) is 5.92 Å². The smallest absolute Gasteiger partial charge is 0.331 e. The van der Waals surface area contributed by atoms with Crippen molar-refractivity contribution in [3.8, 4) is 0 Å². The van der Waals surface area contributed by atoms with Gasteiger partial charge in [-0.15, -0.1) is 0 Å². The van der Waals surface area contributed by atoms with E-state index in [-0.39, 0.29) is 18.4 Å². The van der Waals surface area contributed by atoms with E-state index in [0.717, 1.165) is 31.2 Å². The molecule has 0 bridgehead atoms. The Morgan fingerprint density at radius 2 is 1.92 bits per heavy atom. The van der Waals surface area contributed by atoms with Gasteiger partial charge in [0.1, 0.15) is 6.61 Å². The minimum absolute atomic E-state index is 0.0675. The van der Waals surface area contributed by atoms with Gasteiger partial charge in [0.05, 0.1) is 5.60 Å². The van der Waals surface area contributed by atoms with E-state index in [2.05, 4.69) is 5.32 Å². The van der Waals surface area contributed by atoms with Gasteiger partial charge in [-0.2, -0.15) is 0 Å². The third kappa shape index (κ3) is 4.81. The molecule has 5 heteroatoms. The van der Waals surface area contributed by atoms with Gasteiger partial charge in [0.2, 0.25) is 5.91 Å².